The molecule has 3 N–H and O–H groups in total. The number of hydrogen-bond acceptors (Lipinski definition) is 5. The number of rotatable bonds is 9. The van der Waals surface area contributed by atoms with Gasteiger partial charge in [0.1, 0.15) is 0 Å². The fourth-order valence-corrected chi connectivity index (χ4v) is 4.64. The van der Waals surface area contributed by atoms with Crippen LogP contribution in [-0.2, 0) is 22.6 Å². The van der Waals surface area contributed by atoms with Crippen LogP contribution in [0.4, 0.5) is 0 Å². The van der Waals surface area contributed by atoms with Crippen LogP contribution < -0.4 is 5.73 Å². The number of aliphatic hydroxyl groups excluding tert-OH is 1. The lowest BCUT2D eigenvalue weighted by molar-refractivity contribution is -0.275. The highest BCUT2D eigenvalue weighted by Crippen LogP contribution is 2.42. The second kappa shape index (κ2) is 11.8. The average Bonchev–Trinajstić information content (AvgIpc) is 2.90. The summed E-state index contributed by atoms with van der Waals surface area (Å²) in [5, 5.41) is 9.44. The minimum Gasteiger partial charge on any atom is -0.392 e. The highest BCUT2D eigenvalue weighted by atomic mass is 16.7. The zero-order valence-corrected chi connectivity index (χ0v) is 20.6. The Hall–Kier alpha value is -2.80. The fourth-order valence-electron chi connectivity index (χ4n) is 4.64. The predicted octanol–water partition coefficient (Wildman–Crippen LogP) is 5.21. The number of likely N-dealkylation sites (N-methyl/N-ethyl adjacent to an activating group) is 1. The number of aliphatic hydroxyl groups is 1. The standard InChI is InChI=1S/C30H36N2O3/c1-4-16-32(3)19-28-21(2)29(25-10-8-22(20-33)9-11-25)35-30(34-28)26-14-12-24(13-15-26)27-7-5-6-23(17-27)18-31/h4-15,17,21,28-30,33H,1,16,18-20,31H2,2-3H3/t21-,28+,29+,30+/m1/s1. The zero-order valence-electron chi connectivity index (χ0n) is 20.6. The summed E-state index contributed by atoms with van der Waals surface area (Å²) in [6.07, 6.45) is 1.30. The monoisotopic (exact) mass is 472 g/mol. The summed E-state index contributed by atoms with van der Waals surface area (Å²) in [7, 11) is 2.08. The van der Waals surface area contributed by atoms with Gasteiger partial charge in [-0.25, -0.2) is 0 Å². The molecule has 3 aromatic rings. The Morgan fingerprint density at radius 1 is 0.943 bits per heavy atom. The molecule has 0 saturated carbocycles. The molecule has 3 aromatic carbocycles. The van der Waals surface area contributed by atoms with Crippen LogP contribution in [0.15, 0.2) is 85.5 Å². The molecule has 1 aliphatic rings. The molecule has 0 radical (unpaired) electrons. The SMILES string of the molecule is C=CCN(C)C[C@@H]1O[C@H](c2ccc(-c3cccc(CN)c3)cc2)O[C@H](c2ccc(CO)cc2)[C@@H]1C. The fraction of sp³-hybridized carbons (Fsp3) is 0.333. The van der Waals surface area contributed by atoms with E-state index in [1.807, 2.05) is 42.5 Å². The number of benzene rings is 3. The van der Waals surface area contributed by atoms with Gasteiger partial charge in [0.2, 0.25) is 0 Å². The van der Waals surface area contributed by atoms with Crippen LogP contribution in [0, 0.1) is 5.92 Å². The van der Waals surface area contributed by atoms with Crippen molar-refractivity contribution in [3.63, 3.8) is 0 Å². The van der Waals surface area contributed by atoms with Crippen LogP contribution in [0.3, 0.4) is 0 Å². The second-order valence-corrected chi connectivity index (χ2v) is 9.36. The molecule has 4 atom stereocenters. The van der Waals surface area contributed by atoms with Gasteiger partial charge >= 0.3 is 0 Å². The number of ether oxygens (including phenoxy) is 2. The summed E-state index contributed by atoms with van der Waals surface area (Å²) in [4.78, 5) is 2.22. The van der Waals surface area contributed by atoms with E-state index in [1.54, 1.807) is 0 Å². The van der Waals surface area contributed by atoms with Gasteiger partial charge in [-0.1, -0.05) is 79.7 Å². The van der Waals surface area contributed by atoms with Crippen LogP contribution in [0.2, 0.25) is 0 Å². The average molecular weight is 473 g/mol. The third kappa shape index (κ3) is 6.07. The lowest BCUT2D eigenvalue weighted by Gasteiger charge is -2.42. The molecule has 184 valence electrons. The Labute approximate surface area is 208 Å². The van der Waals surface area contributed by atoms with Gasteiger partial charge < -0.3 is 25.2 Å². The third-order valence-corrected chi connectivity index (χ3v) is 6.73. The highest BCUT2D eigenvalue weighted by molar-refractivity contribution is 5.64. The van der Waals surface area contributed by atoms with Crippen molar-refractivity contribution >= 4 is 0 Å². The predicted molar refractivity (Wildman–Crippen MR) is 140 cm³/mol. The lowest BCUT2D eigenvalue weighted by Crippen LogP contribution is -2.43. The molecule has 1 aliphatic heterocycles. The summed E-state index contributed by atoms with van der Waals surface area (Å²) in [5.41, 5.74) is 12.2. The van der Waals surface area contributed by atoms with Crippen molar-refractivity contribution in [2.24, 2.45) is 11.7 Å². The quantitative estimate of drug-likeness (QED) is 0.418. The maximum Gasteiger partial charge on any atom is 0.184 e. The molecule has 5 nitrogen and oxygen atoms in total. The third-order valence-electron chi connectivity index (χ3n) is 6.73. The van der Waals surface area contributed by atoms with E-state index in [-0.39, 0.29) is 24.7 Å². The molecule has 0 amide bonds. The molecule has 0 aliphatic carbocycles. The summed E-state index contributed by atoms with van der Waals surface area (Å²) in [6, 6.07) is 24.7. The molecule has 0 bridgehead atoms. The van der Waals surface area contributed by atoms with Crippen LogP contribution >= 0.6 is 0 Å². The summed E-state index contributed by atoms with van der Waals surface area (Å²) < 4.78 is 13.1. The Balaban J connectivity index is 1.59. The molecular formula is C30H36N2O3. The van der Waals surface area contributed by atoms with Crippen LogP contribution in [0.5, 0.6) is 0 Å². The Bertz CT molecular complexity index is 1100. The van der Waals surface area contributed by atoms with Crippen molar-refractivity contribution in [2.75, 3.05) is 20.1 Å². The molecule has 1 fully saturated rings. The zero-order chi connectivity index (χ0) is 24.8. The van der Waals surface area contributed by atoms with E-state index in [1.165, 1.54) is 0 Å². The Kier molecular flexibility index (Phi) is 8.50. The topological polar surface area (TPSA) is 68.0 Å². The first-order valence-electron chi connectivity index (χ1n) is 12.2. The van der Waals surface area contributed by atoms with E-state index < -0.39 is 6.29 Å². The highest BCUT2D eigenvalue weighted by Gasteiger charge is 2.38. The molecule has 4 rings (SSSR count). The van der Waals surface area contributed by atoms with Crippen molar-refractivity contribution in [1.82, 2.24) is 4.90 Å². The van der Waals surface area contributed by atoms with Gasteiger partial charge in [0, 0.05) is 31.1 Å². The first-order valence-corrected chi connectivity index (χ1v) is 12.2. The number of nitrogens with zero attached hydrogens (tertiary/aromatic N) is 1. The normalized spacial score (nSPS) is 22.3. The van der Waals surface area contributed by atoms with Gasteiger partial charge in [-0.2, -0.15) is 0 Å². The van der Waals surface area contributed by atoms with Crippen LogP contribution in [0.1, 0.15) is 41.6 Å². The molecule has 35 heavy (non-hydrogen) atoms. The molecule has 0 aromatic heterocycles. The maximum absolute atomic E-state index is 9.44. The van der Waals surface area contributed by atoms with E-state index >= 15 is 0 Å². The Morgan fingerprint density at radius 2 is 1.66 bits per heavy atom. The molecule has 0 spiro atoms. The lowest BCUT2D eigenvalue weighted by atomic mass is 9.90. The minimum atomic E-state index is -0.472. The minimum absolute atomic E-state index is 0.0119. The second-order valence-electron chi connectivity index (χ2n) is 9.36. The first-order chi connectivity index (χ1) is 17.0. The molecule has 1 heterocycles. The van der Waals surface area contributed by atoms with E-state index in [0.29, 0.717) is 6.54 Å². The van der Waals surface area contributed by atoms with E-state index in [0.717, 1.165) is 46.5 Å². The number of nitrogens with two attached hydrogens (primary N) is 1. The van der Waals surface area contributed by atoms with Gasteiger partial charge in [-0.3, -0.25) is 0 Å². The first kappa shape index (κ1) is 25.3. The van der Waals surface area contributed by atoms with Crippen LogP contribution in [-0.4, -0.2) is 36.2 Å². The summed E-state index contributed by atoms with van der Waals surface area (Å²) >= 11 is 0. The van der Waals surface area contributed by atoms with Gasteiger partial charge in [-0.05, 0) is 40.9 Å². The summed E-state index contributed by atoms with van der Waals surface area (Å²) in [5.74, 6) is 0.150. The van der Waals surface area contributed by atoms with E-state index in [4.69, 9.17) is 15.2 Å². The van der Waals surface area contributed by atoms with Crippen molar-refractivity contribution in [3.8, 4) is 11.1 Å². The largest absolute Gasteiger partial charge is 0.392 e. The molecule has 0 unspecified atom stereocenters. The van der Waals surface area contributed by atoms with Gasteiger partial charge in [0.25, 0.3) is 0 Å². The molecular weight excluding hydrogens is 436 g/mol. The summed E-state index contributed by atoms with van der Waals surface area (Å²) in [6.45, 7) is 8.18. The van der Waals surface area contributed by atoms with Crippen LogP contribution in [0.25, 0.3) is 11.1 Å². The molecule has 1 saturated heterocycles. The molecule has 5 heteroatoms. The number of hydrogen-bond donors (Lipinski definition) is 2. The van der Waals surface area contributed by atoms with Crippen molar-refractivity contribution < 1.29 is 14.6 Å². The van der Waals surface area contributed by atoms with Gasteiger partial charge in [-0.15, -0.1) is 6.58 Å². The smallest absolute Gasteiger partial charge is 0.184 e. The van der Waals surface area contributed by atoms with Gasteiger partial charge in [0.05, 0.1) is 18.8 Å². The van der Waals surface area contributed by atoms with Gasteiger partial charge in [0.15, 0.2) is 6.29 Å². The van der Waals surface area contributed by atoms with E-state index in [2.05, 4.69) is 61.8 Å². The van der Waals surface area contributed by atoms with E-state index in [9.17, 15) is 5.11 Å². The van der Waals surface area contributed by atoms with Crippen molar-refractivity contribution in [2.45, 2.75) is 38.6 Å². The van der Waals surface area contributed by atoms with Crippen molar-refractivity contribution in [1.29, 1.82) is 0 Å². The Morgan fingerprint density at radius 3 is 2.31 bits per heavy atom. The maximum atomic E-state index is 9.44. The van der Waals surface area contributed by atoms with Crippen molar-refractivity contribution in [3.05, 3.63) is 108 Å².